The second kappa shape index (κ2) is 13.8. The normalized spacial score (nSPS) is 14.6. The molecule has 10 heteroatoms. The van der Waals surface area contributed by atoms with E-state index in [0.717, 1.165) is 23.6 Å². The first-order valence-corrected chi connectivity index (χ1v) is 16.3. The lowest BCUT2D eigenvalue weighted by Crippen LogP contribution is -2.47. The molecule has 4 rings (SSSR count). The fraction of sp³-hybridized carbons (Fsp3) is 0.424. The van der Waals surface area contributed by atoms with Crippen LogP contribution < -0.4 is 10.1 Å². The van der Waals surface area contributed by atoms with E-state index < -0.39 is 22.1 Å². The summed E-state index contributed by atoms with van der Waals surface area (Å²) < 4.78 is 33.2. The van der Waals surface area contributed by atoms with Gasteiger partial charge in [-0.2, -0.15) is 4.31 Å². The number of sulfonamides is 1. The molecule has 3 N–H and O–H groups in total. The fourth-order valence-corrected chi connectivity index (χ4v) is 7.48. The van der Waals surface area contributed by atoms with Crippen LogP contribution in [0.1, 0.15) is 43.4 Å². The summed E-state index contributed by atoms with van der Waals surface area (Å²) in [6.45, 7) is 4.41. The van der Waals surface area contributed by atoms with Crippen LogP contribution in [0.3, 0.4) is 0 Å². The lowest BCUT2D eigenvalue weighted by molar-refractivity contribution is -0.136. The van der Waals surface area contributed by atoms with Gasteiger partial charge < -0.3 is 20.3 Å². The topological polar surface area (TPSA) is 116 Å². The van der Waals surface area contributed by atoms with E-state index in [1.165, 1.54) is 37.4 Å². The number of nitrogens with one attached hydrogen (secondary N) is 1. The zero-order valence-electron chi connectivity index (χ0n) is 25.1. The third-order valence-corrected chi connectivity index (χ3v) is 10.2. The molecule has 0 radical (unpaired) electrons. The Hall–Kier alpha value is -2.95. The Balaban J connectivity index is 1.36. The molecule has 1 atom stereocenters. The Labute approximate surface area is 259 Å². The smallest absolute Gasteiger partial charge is 0.303 e. The van der Waals surface area contributed by atoms with E-state index in [1.54, 1.807) is 24.3 Å². The van der Waals surface area contributed by atoms with Gasteiger partial charge in [-0.15, -0.1) is 0 Å². The van der Waals surface area contributed by atoms with Crippen LogP contribution in [0.15, 0.2) is 65.6 Å². The molecular formula is C33H41ClN2O6S. The molecule has 43 heavy (non-hydrogen) atoms. The van der Waals surface area contributed by atoms with Crippen molar-refractivity contribution in [2.45, 2.75) is 62.5 Å². The van der Waals surface area contributed by atoms with Gasteiger partial charge in [-0.25, -0.2) is 8.42 Å². The van der Waals surface area contributed by atoms with Gasteiger partial charge in [0.2, 0.25) is 10.0 Å². The summed E-state index contributed by atoms with van der Waals surface area (Å²) in [6, 6.07) is 18.4. The molecule has 0 aliphatic heterocycles. The van der Waals surface area contributed by atoms with Crippen LogP contribution in [-0.4, -0.2) is 67.8 Å². The van der Waals surface area contributed by atoms with Crippen molar-refractivity contribution in [1.82, 2.24) is 9.62 Å². The number of aliphatic carboxylic acids is 1. The van der Waals surface area contributed by atoms with Crippen LogP contribution in [0.2, 0.25) is 5.02 Å². The highest BCUT2D eigenvalue weighted by molar-refractivity contribution is 7.89. The minimum atomic E-state index is -3.92. The number of benzene rings is 3. The maximum Gasteiger partial charge on any atom is 0.303 e. The maximum atomic E-state index is 13.4. The number of methoxy groups -OCH3 is 1. The van der Waals surface area contributed by atoms with Crippen molar-refractivity contribution in [3.8, 4) is 16.9 Å². The first-order valence-electron chi connectivity index (χ1n) is 14.4. The molecule has 3 aromatic carbocycles. The summed E-state index contributed by atoms with van der Waals surface area (Å²) >= 11 is 6.57. The summed E-state index contributed by atoms with van der Waals surface area (Å²) in [5.41, 5.74) is 4.65. The van der Waals surface area contributed by atoms with Crippen LogP contribution in [0.25, 0.3) is 11.1 Å². The first kappa shape index (κ1) is 33.0. The van der Waals surface area contributed by atoms with E-state index >= 15 is 0 Å². The molecule has 0 bridgehead atoms. The number of β-amino-alcohol motifs (C(OH)–C–C–N with tert-alkyl or cyclic N) is 1. The van der Waals surface area contributed by atoms with E-state index in [1.807, 2.05) is 0 Å². The first-order chi connectivity index (χ1) is 20.3. The molecule has 0 saturated heterocycles. The van der Waals surface area contributed by atoms with Gasteiger partial charge in [0, 0.05) is 42.7 Å². The molecular weight excluding hydrogens is 588 g/mol. The molecule has 1 aliphatic rings. The fourth-order valence-electron chi connectivity index (χ4n) is 5.90. The van der Waals surface area contributed by atoms with Crippen LogP contribution in [-0.2, 0) is 34.1 Å². The van der Waals surface area contributed by atoms with Crippen molar-refractivity contribution < 1.29 is 28.2 Å². The number of hydrogen-bond acceptors (Lipinski definition) is 6. The molecule has 0 unspecified atom stereocenters. The summed E-state index contributed by atoms with van der Waals surface area (Å²) in [4.78, 5) is 11.1. The molecule has 0 fully saturated rings. The van der Waals surface area contributed by atoms with E-state index in [-0.39, 0.29) is 41.4 Å². The maximum absolute atomic E-state index is 13.4. The van der Waals surface area contributed by atoms with Crippen molar-refractivity contribution >= 4 is 27.6 Å². The molecule has 0 amide bonds. The highest BCUT2D eigenvalue weighted by Gasteiger charge is 2.29. The monoisotopic (exact) mass is 628 g/mol. The van der Waals surface area contributed by atoms with Gasteiger partial charge in [0.1, 0.15) is 5.75 Å². The number of hydrogen-bond donors (Lipinski definition) is 3. The van der Waals surface area contributed by atoms with Gasteiger partial charge in [0.25, 0.3) is 0 Å². The highest BCUT2D eigenvalue weighted by Crippen LogP contribution is 2.34. The SMILES string of the molecule is COc1ccc(-c2ccc(S(=O)(=O)N(C)C[C@H](O)CNC(C)(C)CC3Cc4ccccc4C3)cc2Cl)cc1CCC(=O)O. The molecule has 0 spiro atoms. The minimum Gasteiger partial charge on any atom is -0.496 e. The number of aliphatic hydroxyl groups is 1. The number of rotatable bonds is 14. The number of aryl methyl sites for hydroxylation is 1. The number of carboxylic acids is 1. The number of nitrogens with zero attached hydrogens (tertiary/aromatic N) is 1. The zero-order valence-corrected chi connectivity index (χ0v) is 26.7. The summed E-state index contributed by atoms with van der Waals surface area (Å²) in [6.07, 6.45) is 2.38. The van der Waals surface area contributed by atoms with Crippen molar-refractivity contribution in [1.29, 1.82) is 0 Å². The Morgan fingerprint density at radius 1 is 1.12 bits per heavy atom. The Kier molecular flexibility index (Phi) is 10.6. The summed E-state index contributed by atoms with van der Waals surface area (Å²) in [5, 5.41) is 23.5. The predicted molar refractivity (Wildman–Crippen MR) is 169 cm³/mol. The lowest BCUT2D eigenvalue weighted by Gasteiger charge is -2.31. The Morgan fingerprint density at radius 2 is 1.79 bits per heavy atom. The number of fused-ring (bicyclic) bond motifs is 1. The molecule has 0 aromatic heterocycles. The Bertz CT molecular complexity index is 1530. The van der Waals surface area contributed by atoms with E-state index in [9.17, 15) is 18.3 Å². The van der Waals surface area contributed by atoms with Crippen molar-refractivity contribution in [3.63, 3.8) is 0 Å². The van der Waals surface area contributed by atoms with Gasteiger partial charge in [0.15, 0.2) is 0 Å². The van der Waals surface area contributed by atoms with Gasteiger partial charge in [-0.05, 0) is 92.0 Å². The molecule has 1 aliphatic carbocycles. The second-order valence-corrected chi connectivity index (χ2v) is 14.5. The van der Waals surface area contributed by atoms with E-state index in [4.69, 9.17) is 21.4 Å². The predicted octanol–water partition coefficient (Wildman–Crippen LogP) is 5.19. The zero-order chi connectivity index (χ0) is 31.4. The number of ether oxygens (including phenoxy) is 1. The third-order valence-electron chi connectivity index (χ3n) is 8.07. The van der Waals surface area contributed by atoms with Crippen LogP contribution in [0.5, 0.6) is 5.75 Å². The quantitative estimate of drug-likeness (QED) is 0.225. The number of carboxylic acid groups (broad SMARTS) is 1. The summed E-state index contributed by atoms with van der Waals surface area (Å²) in [5.74, 6) is 0.189. The van der Waals surface area contributed by atoms with E-state index in [2.05, 4.69) is 43.4 Å². The Morgan fingerprint density at radius 3 is 2.40 bits per heavy atom. The van der Waals surface area contributed by atoms with Crippen LogP contribution >= 0.6 is 11.6 Å². The van der Waals surface area contributed by atoms with E-state index in [0.29, 0.717) is 28.4 Å². The van der Waals surface area contributed by atoms with Crippen molar-refractivity contribution in [3.05, 3.63) is 82.4 Å². The van der Waals surface area contributed by atoms with Crippen molar-refractivity contribution in [2.75, 3.05) is 27.2 Å². The highest BCUT2D eigenvalue weighted by atomic mass is 35.5. The number of likely N-dealkylation sites (N-methyl/N-ethyl adjacent to an activating group) is 1. The standard InChI is InChI=1S/C33H41ClN2O6S/c1-33(2,19-22-15-23-7-5-6-8-24(23)16-22)35-20-27(37)21-36(3)43(40,41)28-11-12-29(30(34)18-28)25-9-13-31(42-4)26(17-25)10-14-32(38)39/h5-9,11-13,17-18,22,27,35,37H,10,14-16,19-21H2,1-4H3,(H,38,39)/t27-/m1/s1. The van der Waals surface area contributed by atoms with Gasteiger partial charge in [0.05, 0.1) is 18.1 Å². The van der Waals surface area contributed by atoms with Gasteiger partial charge >= 0.3 is 5.97 Å². The molecule has 0 saturated carbocycles. The van der Waals surface area contributed by atoms with Crippen LogP contribution in [0, 0.1) is 5.92 Å². The molecule has 3 aromatic rings. The largest absolute Gasteiger partial charge is 0.496 e. The molecule has 232 valence electrons. The lowest BCUT2D eigenvalue weighted by atomic mass is 9.88. The minimum absolute atomic E-state index is 0.0182. The third kappa shape index (κ3) is 8.37. The average Bonchev–Trinajstić information content (AvgIpc) is 3.36. The second-order valence-electron chi connectivity index (χ2n) is 12.0. The average molecular weight is 629 g/mol. The molecule has 8 nitrogen and oxygen atoms in total. The van der Waals surface area contributed by atoms with Crippen molar-refractivity contribution in [2.24, 2.45) is 5.92 Å². The number of carbonyl (C=O) groups is 1. The number of aliphatic hydroxyl groups excluding tert-OH is 1. The van der Waals surface area contributed by atoms with Gasteiger partial charge in [-0.1, -0.05) is 48.0 Å². The van der Waals surface area contributed by atoms with Crippen LogP contribution in [0.4, 0.5) is 0 Å². The summed E-state index contributed by atoms with van der Waals surface area (Å²) in [7, 11) is -0.956. The molecule has 0 heterocycles. The van der Waals surface area contributed by atoms with Gasteiger partial charge in [-0.3, -0.25) is 4.79 Å². The number of halogens is 1.